The quantitative estimate of drug-likeness (QED) is 0.531. The lowest BCUT2D eigenvalue weighted by Crippen LogP contribution is -2.60. The van der Waals surface area contributed by atoms with Crippen LogP contribution in [0.3, 0.4) is 0 Å². The first-order valence-electron chi connectivity index (χ1n) is 8.24. The first kappa shape index (κ1) is 23.5. The van der Waals surface area contributed by atoms with E-state index in [0.717, 1.165) is 25.3 Å². The van der Waals surface area contributed by atoms with Crippen molar-refractivity contribution >= 4 is 0 Å². The molecule has 0 saturated carbocycles. The highest BCUT2D eigenvalue weighted by atomic mass is 19.4. The Morgan fingerprint density at radius 2 is 1.60 bits per heavy atom. The average Bonchev–Trinajstić information content (AvgIpc) is 2.64. The third-order valence-corrected chi connectivity index (χ3v) is 4.35. The molecule has 1 aromatic carbocycles. The summed E-state index contributed by atoms with van der Waals surface area (Å²) < 4.78 is 123. The van der Waals surface area contributed by atoms with Crippen molar-refractivity contribution in [1.82, 2.24) is 4.98 Å². The Hall–Kier alpha value is -2.77. The molecule has 11 heteroatoms. The van der Waals surface area contributed by atoms with Crippen LogP contribution in [0.1, 0.15) is 29.3 Å². The normalized spacial score (nSPS) is 14.9. The number of hydrogen-bond acceptors (Lipinski definition) is 2. The third kappa shape index (κ3) is 3.59. The molecule has 0 saturated heterocycles. The maximum Gasteiger partial charge on any atom is 0.457 e. The highest BCUT2D eigenvalue weighted by molar-refractivity contribution is 5.73. The highest BCUT2D eigenvalue weighted by Crippen LogP contribution is 2.60. The zero-order valence-corrected chi connectivity index (χ0v) is 15.3. The van der Waals surface area contributed by atoms with Crippen molar-refractivity contribution in [3.05, 3.63) is 52.8 Å². The summed E-state index contributed by atoms with van der Waals surface area (Å²) in [6, 6.07) is 6.42. The van der Waals surface area contributed by atoms with Gasteiger partial charge < -0.3 is 0 Å². The first-order valence-corrected chi connectivity index (χ1v) is 8.24. The van der Waals surface area contributed by atoms with Gasteiger partial charge in [-0.05, 0) is 48.2 Å². The number of benzene rings is 1. The van der Waals surface area contributed by atoms with Gasteiger partial charge in [-0.2, -0.15) is 40.4 Å². The molecule has 30 heavy (non-hydrogen) atoms. The smallest absolute Gasteiger partial charge is 0.245 e. The summed E-state index contributed by atoms with van der Waals surface area (Å²) in [7, 11) is 0. The summed E-state index contributed by atoms with van der Waals surface area (Å²) in [6.45, 7) is 2.47. The van der Waals surface area contributed by atoms with E-state index in [9.17, 15) is 35.1 Å². The third-order valence-electron chi connectivity index (χ3n) is 4.35. The average molecular weight is 439 g/mol. The molecule has 1 unspecified atom stereocenters. The van der Waals surface area contributed by atoms with Gasteiger partial charge in [-0.15, -0.1) is 0 Å². The molecule has 0 amide bonds. The van der Waals surface area contributed by atoms with E-state index in [0.29, 0.717) is 0 Å². The summed E-state index contributed by atoms with van der Waals surface area (Å²) in [5.74, 6) is -6.80. The largest absolute Gasteiger partial charge is 0.457 e. The second kappa shape index (κ2) is 7.49. The number of alkyl halides is 9. The molecule has 2 aromatic rings. The monoisotopic (exact) mass is 439 g/mol. The maximum absolute atomic E-state index is 15.2. The standard InChI is InChI=1S/C19H12F9N2/c1-3-11-6-10(2)7-14(15(11)12-4-5-13(8-29)30-9-12)16(20,18(23,24)25)17(21,22)19(26,27)28/h4-5,7,9H,3H2,1-2H3. The van der Waals surface area contributed by atoms with Crippen molar-refractivity contribution in [2.45, 2.75) is 44.2 Å². The van der Waals surface area contributed by atoms with Crippen LogP contribution in [0.5, 0.6) is 0 Å². The highest BCUT2D eigenvalue weighted by Gasteiger charge is 2.82. The molecule has 2 rings (SSSR count). The summed E-state index contributed by atoms with van der Waals surface area (Å²) in [6.07, 6.45) is -12.8. The van der Waals surface area contributed by atoms with Crippen LogP contribution in [0.2, 0.25) is 0 Å². The van der Waals surface area contributed by atoms with Gasteiger partial charge in [0.05, 0.1) is 0 Å². The van der Waals surface area contributed by atoms with Crippen molar-refractivity contribution in [1.29, 1.82) is 5.26 Å². The molecule has 0 aliphatic carbocycles. The van der Waals surface area contributed by atoms with Crippen LogP contribution in [-0.4, -0.2) is 23.3 Å². The van der Waals surface area contributed by atoms with Gasteiger partial charge in [0.1, 0.15) is 11.8 Å². The predicted octanol–water partition coefficient (Wildman–Crippen LogP) is 6.22. The molecule has 1 atom stereocenters. The van der Waals surface area contributed by atoms with Gasteiger partial charge in [0.2, 0.25) is 0 Å². The fourth-order valence-electron chi connectivity index (χ4n) is 2.96. The van der Waals surface area contributed by atoms with Crippen molar-refractivity contribution in [2.75, 3.05) is 0 Å². The second-order valence-electron chi connectivity index (χ2n) is 6.35. The maximum atomic E-state index is 15.2. The number of rotatable bonds is 4. The number of hydrogen-bond donors (Lipinski definition) is 0. The zero-order chi connectivity index (χ0) is 23.1. The lowest BCUT2D eigenvalue weighted by molar-refractivity contribution is -0.389. The fraction of sp³-hybridized carbons (Fsp3) is 0.368. The van der Waals surface area contributed by atoms with E-state index in [1.807, 2.05) is 0 Å². The topological polar surface area (TPSA) is 36.7 Å². The molecule has 0 aliphatic rings. The van der Waals surface area contributed by atoms with E-state index >= 15 is 4.39 Å². The molecular weight excluding hydrogens is 427 g/mol. The van der Waals surface area contributed by atoms with E-state index in [-0.39, 0.29) is 34.9 Å². The van der Waals surface area contributed by atoms with Gasteiger partial charge >= 0.3 is 23.9 Å². The lowest BCUT2D eigenvalue weighted by Gasteiger charge is -2.37. The molecule has 0 fully saturated rings. The Morgan fingerprint density at radius 1 is 1.00 bits per heavy atom. The minimum atomic E-state index is -6.84. The number of nitrogens with zero attached hydrogens (tertiary/aromatic N) is 2. The van der Waals surface area contributed by atoms with Gasteiger partial charge in [-0.25, -0.2) is 9.37 Å². The SMILES string of the molecule is CCc1[c]c(C)cc(C(F)(C(F)(F)F)C(F)(F)C(F)(F)F)c1-c1ccc(C#N)nc1. The molecule has 2 nitrogen and oxygen atoms in total. The van der Waals surface area contributed by atoms with Crippen molar-refractivity contribution in [3.63, 3.8) is 0 Å². The molecule has 161 valence electrons. The van der Waals surface area contributed by atoms with Crippen molar-refractivity contribution in [3.8, 4) is 17.2 Å². The summed E-state index contributed by atoms with van der Waals surface area (Å²) in [5, 5.41) is 8.77. The molecule has 0 spiro atoms. The van der Waals surface area contributed by atoms with E-state index in [4.69, 9.17) is 5.26 Å². The van der Waals surface area contributed by atoms with Crippen molar-refractivity contribution in [2.24, 2.45) is 0 Å². The lowest BCUT2D eigenvalue weighted by atomic mass is 9.79. The molecule has 1 radical (unpaired) electrons. The van der Waals surface area contributed by atoms with E-state index in [2.05, 4.69) is 11.1 Å². The van der Waals surface area contributed by atoms with Crippen LogP contribution in [0, 0.1) is 24.3 Å². The summed E-state index contributed by atoms with van der Waals surface area (Å²) >= 11 is 0. The number of nitriles is 1. The van der Waals surface area contributed by atoms with Gasteiger partial charge in [0.25, 0.3) is 0 Å². The van der Waals surface area contributed by atoms with Crippen LogP contribution in [0.25, 0.3) is 11.1 Å². The van der Waals surface area contributed by atoms with Crippen LogP contribution < -0.4 is 0 Å². The number of pyridine rings is 1. The van der Waals surface area contributed by atoms with Gasteiger partial charge in [0, 0.05) is 17.3 Å². The van der Waals surface area contributed by atoms with Gasteiger partial charge in [0.15, 0.2) is 0 Å². The molecule has 0 aliphatic heterocycles. The minimum absolute atomic E-state index is 0.157. The van der Waals surface area contributed by atoms with E-state index in [1.54, 1.807) is 6.07 Å². The molecule has 0 N–H and O–H groups in total. The minimum Gasteiger partial charge on any atom is -0.245 e. The van der Waals surface area contributed by atoms with Crippen LogP contribution in [0.15, 0.2) is 24.4 Å². The first-order chi connectivity index (χ1) is 13.6. The van der Waals surface area contributed by atoms with E-state index < -0.39 is 35.1 Å². The Kier molecular flexibility index (Phi) is 5.87. The Balaban J connectivity index is 3.02. The van der Waals surface area contributed by atoms with Crippen molar-refractivity contribution < 1.29 is 39.5 Å². The van der Waals surface area contributed by atoms with E-state index in [1.165, 1.54) is 6.92 Å². The number of aromatic nitrogens is 1. The molecule has 1 aromatic heterocycles. The predicted molar refractivity (Wildman–Crippen MR) is 87.2 cm³/mol. The second-order valence-corrected chi connectivity index (χ2v) is 6.35. The fourth-order valence-corrected chi connectivity index (χ4v) is 2.96. The number of halogens is 9. The van der Waals surface area contributed by atoms with Gasteiger partial charge in [-0.1, -0.05) is 13.0 Å². The zero-order valence-electron chi connectivity index (χ0n) is 15.3. The number of aryl methyl sites for hydroxylation is 2. The Labute approximate surface area is 165 Å². The Bertz CT molecular complexity index is 970. The van der Waals surface area contributed by atoms with Crippen LogP contribution >= 0.6 is 0 Å². The Morgan fingerprint density at radius 3 is 2.00 bits per heavy atom. The molecule has 1 heterocycles. The molecule has 0 bridgehead atoms. The molecular formula is C19H12F9N2. The van der Waals surface area contributed by atoms with Crippen LogP contribution in [0.4, 0.5) is 39.5 Å². The summed E-state index contributed by atoms with van der Waals surface area (Å²) in [4.78, 5) is 3.58. The summed E-state index contributed by atoms with van der Waals surface area (Å²) in [5.41, 5.74) is -9.90. The van der Waals surface area contributed by atoms with Crippen LogP contribution in [-0.2, 0) is 12.1 Å². The van der Waals surface area contributed by atoms with Gasteiger partial charge in [-0.3, -0.25) is 0 Å².